The maximum Gasteiger partial charge on any atom is 0.183 e. The van der Waals surface area contributed by atoms with Gasteiger partial charge in [-0.1, -0.05) is 30.3 Å². The van der Waals surface area contributed by atoms with Crippen molar-refractivity contribution in [3.8, 4) is 0 Å². The number of nitrogens with zero attached hydrogens (tertiary/aromatic N) is 3. The molecular weight excluding hydrogens is 250 g/mol. The molecule has 1 aromatic carbocycles. The zero-order chi connectivity index (χ0) is 12.5. The number of fused-ring (bicyclic) bond motifs is 1. The van der Waals surface area contributed by atoms with Gasteiger partial charge < -0.3 is 10.7 Å². The molecule has 0 aliphatic carbocycles. The van der Waals surface area contributed by atoms with E-state index in [0.717, 1.165) is 5.56 Å². The maximum absolute atomic E-state index is 6.37. The molecule has 3 aromatic rings. The molecule has 1 unspecified atom stereocenters. The Labute approximate surface area is 108 Å². The molecule has 5 nitrogen and oxygen atoms in total. The van der Waals surface area contributed by atoms with Crippen LogP contribution in [0.4, 0.5) is 5.82 Å². The first kappa shape index (κ1) is 11.0. The Morgan fingerprint density at radius 2 is 1.94 bits per heavy atom. The Morgan fingerprint density at radius 1 is 1.17 bits per heavy atom. The van der Waals surface area contributed by atoms with E-state index in [1.807, 2.05) is 30.3 Å². The lowest BCUT2D eigenvalue weighted by Gasteiger charge is -2.05. The lowest BCUT2D eigenvalue weighted by molar-refractivity contribution is 1.00. The van der Waals surface area contributed by atoms with E-state index >= 15 is 0 Å². The van der Waals surface area contributed by atoms with Crippen LogP contribution in [0.5, 0.6) is 0 Å². The highest BCUT2D eigenvalue weighted by Crippen LogP contribution is 2.28. The molecular formula is C12H10ClN5. The van der Waals surface area contributed by atoms with Crippen LogP contribution in [0.1, 0.15) is 16.8 Å². The number of aromatic amines is 1. The van der Waals surface area contributed by atoms with Crippen molar-refractivity contribution >= 4 is 28.6 Å². The van der Waals surface area contributed by atoms with Crippen LogP contribution in [0.15, 0.2) is 36.7 Å². The van der Waals surface area contributed by atoms with Gasteiger partial charge in [-0.2, -0.15) is 0 Å². The normalized spacial score (nSPS) is 12.7. The third-order valence-electron chi connectivity index (χ3n) is 2.67. The van der Waals surface area contributed by atoms with Gasteiger partial charge in [-0.3, -0.25) is 0 Å². The first-order valence-corrected chi connectivity index (χ1v) is 5.84. The molecule has 0 saturated carbocycles. The number of anilines is 1. The second-order valence-corrected chi connectivity index (χ2v) is 4.29. The highest BCUT2D eigenvalue weighted by molar-refractivity contribution is 6.22. The minimum atomic E-state index is -0.361. The predicted octanol–water partition coefficient (Wildman–Crippen LogP) is 2.26. The van der Waals surface area contributed by atoms with E-state index in [4.69, 9.17) is 17.3 Å². The van der Waals surface area contributed by atoms with Crippen LogP contribution in [0.2, 0.25) is 0 Å². The van der Waals surface area contributed by atoms with Crippen LogP contribution in [0.25, 0.3) is 11.2 Å². The number of nitrogens with two attached hydrogens (primary N) is 1. The Morgan fingerprint density at radius 3 is 2.67 bits per heavy atom. The largest absolute Gasteiger partial charge is 0.382 e. The van der Waals surface area contributed by atoms with Crippen LogP contribution in [-0.4, -0.2) is 19.9 Å². The number of nitrogens with one attached hydrogen (secondary N) is 1. The summed E-state index contributed by atoms with van der Waals surface area (Å²) in [7, 11) is 0. The summed E-state index contributed by atoms with van der Waals surface area (Å²) in [5.41, 5.74) is 7.85. The summed E-state index contributed by atoms with van der Waals surface area (Å²) in [6.45, 7) is 0. The molecule has 90 valence electrons. The Hall–Kier alpha value is -2.14. The Kier molecular flexibility index (Phi) is 2.60. The predicted molar refractivity (Wildman–Crippen MR) is 70.2 cm³/mol. The molecule has 0 bridgehead atoms. The van der Waals surface area contributed by atoms with Crippen LogP contribution in [-0.2, 0) is 0 Å². The fourth-order valence-corrected chi connectivity index (χ4v) is 2.01. The molecule has 0 spiro atoms. The monoisotopic (exact) mass is 259 g/mol. The average molecular weight is 260 g/mol. The van der Waals surface area contributed by atoms with Crippen molar-refractivity contribution < 1.29 is 0 Å². The summed E-state index contributed by atoms with van der Waals surface area (Å²) in [6.07, 6.45) is 1.38. The highest BCUT2D eigenvalue weighted by Gasteiger charge is 2.16. The number of hydrogen-bond donors (Lipinski definition) is 2. The molecule has 0 amide bonds. The molecule has 0 fully saturated rings. The molecule has 18 heavy (non-hydrogen) atoms. The zero-order valence-electron chi connectivity index (χ0n) is 9.34. The molecule has 0 saturated heterocycles. The van der Waals surface area contributed by atoms with Crippen LogP contribution in [0.3, 0.4) is 0 Å². The number of H-pyrrole nitrogens is 1. The number of rotatable bonds is 2. The number of benzene rings is 1. The summed E-state index contributed by atoms with van der Waals surface area (Å²) < 4.78 is 0. The van der Waals surface area contributed by atoms with Crippen LogP contribution in [0, 0.1) is 0 Å². The van der Waals surface area contributed by atoms with Gasteiger partial charge in [0.05, 0.1) is 0 Å². The number of hydrogen-bond acceptors (Lipinski definition) is 4. The first-order valence-electron chi connectivity index (χ1n) is 5.41. The van der Waals surface area contributed by atoms with E-state index in [9.17, 15) is 0 Å². The third kappa shape index (κ3) is 1.78. The fourth-order valence-electron chi connectivity index (χ4n) is 1.76. The van der Waals surface area contributed by atoms with Crippen LogP contribution < -0.4 is 5.73 Å². The van der Waals surface area contributed by atoms with Gasteiger partial charge >= 0.3 is 0 Å². The zero-order valence-corrected chi connectivity index (χ0v) is 10.1. The summed E-state index contributed by atoms with van der Waals surface area (Å²) in [6, 6.07) is 9.69. The van der Waals surface area contributed by atoms with Gasteiger partial charge in [-0.25, -0.2) is 15.0 Å². The summed E-state index contributed by atoms with van der Waals surface area (Å²) in [4.78, 5) is 15.4. The SMILES string of the molecule is Nc1ncnc2nc(C(Cl)c3ccccc3)[nH]c12. The van der Waals surface area contributed by atoms with Crippen molar-refractivity contribution in [2.45, 2.75) is 5.38 Å². The van der Waals surface area contributed by atoms with Crippen molar-refractivity contribution in [1.29, 1.82) is 0 Å². The standard InChI is InChI=1S/C12H10ClN5/c13-8(7-4-2-1-3-5-7)11-17-9-10(14)15-6-16-12(9)18-11/h1-6,8H,(H3,14,15,16,17,18). The average Bonchev–Trinajstić information content (AvgIpc) is 2.84. The number of nitrogen functional groups attached to an aromatic ring is 1. The van der Waals surface area contributed by atoms with Crippen molar-refractivity contribution in [1.82, 2.24) is 19.9 Å². The molecule has 1 atom stereocenters. The van der Waals surface area contributed by atoms with Crippen LogP contribution >= 0.6 is 11.6 Å². The van der Waals surface area contributed by atoms with Crippen molar-refractivity contribution in [3.63, 3.8) is 0 Å². The molecule has 0 radical (unpaired) electrons. The summed E-state index contributed by atoms with van der Waals surface area (Å²) in [5.74, 6) is 0.987. The minimum Gasteiger partial charge on any atom is -0.382 e. The van der Waals surface area contributed by atoms with Gasteiger partial charge in [0.15, 0.2) is 11.5 Å². The second-order valence-electron chi connectivity index (χ2n) is 3.85. The van der Waals surface area contributed by atoms with E-state index in [2.05, 4.69) is 19.9 Å². The van der Waals surface area contributed by atoms with E-state index in [1.54, 1.807) is 0 Å². The number of imidazole rings is 1. The molecule has 3 rings (SSSR count). The van der Waals surface area contributed by atoms with Crippen molar-refractivity contribution in [2.24, 2.45) is 0 Å². The Bertz CT molecular complexity index is 679. The smallest absolute Gasteiger partial charge is 0.183 e. The molecule has 2 heterocycles. The third-order valence-corrected chi connectivity index (χ3v) is 3.13. The van der Waals surface area contributed by atoms with Gasteiger partial charge in [0.2, 0.25) is 0 Å². The van der Waals surface area contributed by atoms with Crippen molar-refractivity contribution in [3.05, 3.63) is 48.0 Å². The second kappa shape index (κ2) is 4.27. The molecule has 2 aromatic heterocycles. The van der Waals surface area contributed by atoms with Gasteiger partial charge in [0.1, 0.15) is 23.0 Å². The van der Waals surface area contributed by atoms with Gasteiger partial charge in [0, 0.05) is 0 Å². The topological polar surface area (TPSA) is 80.5 Å². The molecule has 0 aliphatic heterocycles. The van der Waals surface area contributed by atoms with E-state index in [1.165, 1.54) is 6.33 Å². The van der Waals surface area contributed by atoms with Gasteiger partial charge in [0.25, 0.3) is 0 Å². The van der Waals surface area contributed by atoms with Gasteiger partial charge in [-0.05, 0) is 5.56 Å². The molecule has 0 aliphatic rings. The quantitative estimate of drug-likeness (QED) is 0.692. The van der Waals surface area contributed by atoms with Gasteiger partial charge in [-0.15, -0.1) is 11.6 Å². The highest BCUT2D eigenvalue weighted by atomic mass is 35.5. The fraction of sp³-hybridized carbons (Fsp3) is 0.0833. The number of halogens is 1. The number of aromatic nitrogens is 4. The van der Waals surface area contributed by atoms with E-state index < -0.39 is 0 Å². The van der Waals surface area contributed by atoms with E-state index in [-0.39, 0.29) is 5.38 Å². The number of alkyl halides is 1. The molecule has 6 heteroatoms. The minimum absolute atomic E-state index is 0.361. The lowest BCUT2D eigenvalue weighted by atomic mass is 10.1. The lowest BCUT2D eigenvalue weighted by Crippen LogP contribution is -1.95. The summed E-state index contributed by atoms with van der Waals surface area (Å²) >= 11 is 6.37. The maximum atomic E-state index is 6.37. The van der Waals surface area contributed by atoms with E-state index in [0.29, 0.717) is 22.8 Å². The summed E-state index contributed by atoms with van der Waals surface area (Å²) in [5, 5.41) is -0.361. The molecule has 3 N–H and O–H groups in total. The first-order chi connectivity index (χ1) is 8.75. The Balaban J connectivity index is 2.07. The van der Waals surface area contributed by atoms with Crippen molar-refractivity contribution in [2.75, 3.05) is 5.73 Å².